The molecule has 0 saturated carbocycles. The van der Waals surface area contributed by atoms with Gasteiger partial charge in [-0.05, 0) is 36.6 Å². The molecule has 0 fully saturated rings. The summed E-state index contributed by atoms with van der Waals surface area (Å²) in [5.41, 5.74) is 8.69. The highest BCUT2D eigenvalue weighted by molar-refractivity contribution is 6.34. The number of amides is 2. The third-order valence-corrected chi connectivity index (χ3v) is 4.18. The molecule has 2 aromatic rings. The van der Waals surface area contributed by atoms with Gasteiger partial charge in [-0.25, -0.2) is 0 Å². The Bertz CT molecular complexity index is 792. The van der Waals surface area contributed by atoms with Crippen LogP contribution in [0.3, 0.4) is 0 Å². The van der Waals surface area contributed by atoms with Crippen molar-refractivity contribution in [1.82, 2.24) is 5.32 Å². The fraction of sp³-hybridized carbons (Fsp3) is 0.300. The average molecular weight is 410 g/mol. The Morgan fingerprint density at radius 2 is 1.74 bits per heavy atom. The topological polar surface area (TPSA) is 84.2 Å². The van der Waals surface area contributed by atoms with Crippen molar-refractivity contribution in [3.63, 3.8) is 0 Å². The molecule has 2 rings (SSSR count). The monoisotopic (exact) mass is 409 g/mol. The minimum atomic E-state index is -0.789. The lowest BCUT2D eigenvalue weighted by atomic mass is 10.1. The first-order valence-corrected chi connectivity index (χ1v) is 8.86. The molecule has 7 heteroatoms. The van der Waals surface area contributed by atoms with Crippen LogP contribution in [0.2, 0.25) is 5.02 Å². The molecule has 2 amide bonds. The van der Waals surface area contributed by atoms with E-state index in [0.29, 0.717) is 23.7 Å². The zero-order chi connectivity index (χ0) is 19.3. The predicted octanol–water partition coefficient (Wildman–Crippen LogP) is 4.09. The second-order valence-electron chi connectivity index (χ2n) is 6.68. The molecule has 5 nitrogen and oxygen atoms in total. The Morgan fingerprint density at radius 3 is 2.30 bits per heavy atom. The molecule has 0 radical (unpaired) electrons. The number of carbonyl (C=O) groups is 2. The third kappa shape index (κ3) is 6.54. The molecule has 0 bridgehead atoms. The smallest absolute Gasteiger partial charge is 0.252 e. The van der Waals surface area contributed by atoms with Crippen LogP contribution >= 0.6 is 24.0 Å². The summed E-state index contributed by atoms with van der Waals surface area (Å²) in [7, 11) is 0. The maximum Gasteiger partial charge on any atom is 0.252 e. The van der Waals surface area contributed by atoms with E-state index >= 15 is 0 Å². The molecular formula is C20H25Cl2N3O2. The van der Waals surface area contributed by atoms with Gasteiger partial charge in [0.1, 0.15) is 6.04 Å². The summed E-state index contributed by atoms with van der Waals surface area (Å²) in [6, 6.07) is 11.5. The maximum atomic E-state index is 12.3. The molecular weight excluding hydrogens is 385 g/mol. The van der Waals surface area contributed by atoms with E-state index in [-0.39, 0.29) is 29.2 Å². The van der Waals surface area contributed by atoms with E-state index in [2.05, 4.69) is 10.6 Å². The first-order chi connectivity index (χ1) is 12.3. The number of benzene rings is 2. The zero-order valence-corrected chi connectivity index (χ0v) is 17.2. The minimum Gasteiger partial charge on any atom is -0.352 e. The van der Waals surface area contributed by atoms with Crippen LogP contribution in [0.4, 0.5) is 5.69 Å². The van der Waals surface area contributed by atoms with Crippen LogP contribution < -0.4 is 16.4 Å². The van der Waals surface area contributed by atoms with Gasteiger partial charge in [-0.2, -0.15) is 0 Å². The van der Waals surface area contributed by atoms with E-state index in [1.54, 1.807) is 18.2 Å². The van der Waals surface area contributed by atoms with Crippen molar-refractivity contribution < 1.29 is 9.59 Å². The van der Waals surface area contributed by atoms with Crippen LogP contribution in [0.1, 0.15) is 41.4 Å². The molecule has 1 atom stereocenters. The van der Waals surface area contributed by atoms with E-state index in [1.165, 1.54) is 0 Å². The molecule has 2 aromatic carbocycles. The van der Waals surface area contributed by atoms with Gasteiger partial charge in [-0.15, -0.1) is 12.4 Å². The standard InChI is InChI=1S/C20H24ClN3O2.ClH/c1-12(2)11-23-19(25)16-9-8-15(10-17(16)21)24-20(26)18(22)14-6-4-13(3)5-7-14;/h4-10,12,18H,11,22H2,1-3H3,(H,23,25)(H,24,26);1H. The van der Waals surface area contributed by atoms with Crippen molar-refractivity contribution in [2.45, 2.75) is 26.8 Å². The number of nitrogens with two attached hydrogens (primary N) is 1. The van der Waals surface area contributed by atoms with Crippen LogP contribution in [0.5, 0.6) is 0 Å². The molecule has 4 N–H and O–H groups in total. The number of halogens is 2. The van der Waals surface area contributed by atoms with Gasteiger partial charge in [0.2, 0.25) is 5.91 Å². The van der Waals surface area contributed by atoms with Gasteiger partial charge >= 0.3 is 0 Å². The Morgan fingerprint density at radius 1 is 1.11 bits per heavy atom. The zero-order valence-electron chi connectivity index (χ0n) is 15.6. The van der Waals surface area contributed by atoms with Gasteiger partial charge in [0.05, 0.1) is 10.6 Å². The van der Waals surface area contributed by atoms with Crippen molar-refractivity contribution in [1.29, 1.82) is 0 Å². The first-order valence-electron chi connectivity index (χ1n) is 8.48. The van der Waals surface area contributed by atoms with Crippen LogP contribution in [0, 0.1) is 12.8 Å². The van der Waals surface area contributed by atoms with Crippen molar-refractivity contribution in [3.05, 3.63) is 64.2 Å². The second kappa shape index (κ2) is 10.3. The van der Waals surface area contributed by atoms with E-state index < -0.39 is 6.04 Å². The summed E-state index contributed by atoms with van der Waals surface area (Å²) in [5.74, 6) is -0.237. The molecule has 146 valence electrons. The highest BCUT2D eigenvalue weighted by atomic mass is 35.5. The lowest BCUT2D eigenvalue weighted by Gasteiger charge is -2.14. The van der Waals surface area contributed by atoms with Gasteiger partial charge in [0.25, 0.3) is 5.91 Å². The molecule has 0 heterocycles. The molecule has 27 heavy (non-hydrogen) atoms. The largest absolute Gasteiger partial charge is 0.352 e. The number of anilines is 1. The van der Waals surface area contributed by atoms with Crippen LogP contribution in [0.15, 0.2) is 42.5 Å². The molecule has 0 aliphatic heterocycles. The summed E-state index contributed by atoms with van der Waals surface area (Å²) in [5, 5.41) is 5.82. The average Bonchev–Trinajstić information content (AvgIpc) is 2.59. The fourth-order valence-electron chi connectivity index (χ4n) is 2.31. The van der Waals surface area contributed by atoms with Crippen LogP contribution in [-0.2, 0) is 4.79 Å². The SMILES string of the molecule is Cc1ccc(C(N)C(=O)Nc2ccc(C(=O)NCC(C)C)c(Cl)c2)cc1.Cl. The van der Waals surface area contributed by atoms with Gasteiger partial charge in [-0.1, -0.05) is 55.3 Å². The van der Waals surface area contributed by atoms with Crippen molar-refractivity contribution in [2.24, 2.45) is 11.7 Å². The fourth-order valence-corrected chi connectivity index (χ4v) is 2.58. The van der Waals surface area contributed by atoms with Crippen molar-refractivity contribution in [3.8, 4) is 0 Å². The number of hydrogen-bond acceptors (Lipinski definition) is 3. The first kappa shape index (κ1) is 23.0. The van der Waals surface area contributed by atoms with Crippen molar-refractivity contribution >= 4 is 41.5 Å². The quantitative estimate of drug-likeness (QED) is 0.671. The summed E-state index contributed by atoms with van der Waals surface area (Å²) < 4.78 is 0. The Kier molecular flexibility index (Phi) is 8.76. The Balaban J connectivity index is 0.00000364. The van der Waals surface area contributed by atoms with E-state index in [1.807, 2.05) is 45.0 Å². The van der Waals surface area contributed by atoms with Crippen LogP contribution in [0.25, 0.3) is 0 Å². The number of nitrogens with one attached hydrogen (secondary N) is 2. The van der Waals surface area contributed by atoms with Gasteiger partial charge in [0.15, 0.2) is 0 Å². The molecule has 0 aromatic heterocycles. The van der Waals surface area contributed by atoms with E-state index in [4.69, 9.17) is 17.3 Å². The third-order valence-electron chi connectivity index (χ3n) is 3.87. The lowest BCUT2D eigenvalue weighted by Crippen LogP contribution is -2.28. The number of rotatable bonds is 6. The normalized spacial score (nSPS) is 11.5. The van der Waals surface area contributed by atoms with Crippen molar-refractivity contribution in [2.75, 3.05) is 11.9 Å². The Labute approximate surface area is 171 Å². The number of hydrogen-bond donors (Lipinski definition) is 3. The predicted molar refractivity (Wildman–Crippen MR) is 113 cm³/mol. The number of aryl methyl sites for hydroxylation is 1. The van der Waals surface area contributed by atoms with E-state index in [9.17, 15) is 9.59 Å². The molecule has 0 spiro atoms. The molecule has 0 aliphatic rings. The summed E-state index contributed by atoms with van der Waals surface area (Å²) in [4.78, 5) is 24.5. The minimum absolute atomic E-state index is 0. The van der Waals surface area contributed by atoms with Gasteiger partial charge in [-0.3, -0.25) is 9.59 Å². The summed E-state index contributed by atoms with van der Waals surface area (Å²) in [6.45, 7) is 6.56. The molecule has 0 aliphatic carbocycles. The highest BCUT2D eigenvalue weighted by Crippen LogP contribution is 2.22. The highest BCUT2D eigenvalue weighted by Gasteiger charge is 2.17. The summed E-state index contributed by atoms with van der Waals surface area (Å²) in [6.07, 6.45) is 0. The van der Waals surface area contributed by atoms with Crippen LogP contribution in [-0.4, -0.2) is 18.4 Å². The lowest BCUT2D eigenvalue weighted by molar-refractivity contribution is -0.117. The Hall–Kier alpha value is -2.08. The van der Waals surface area contributed by atoms with E-state index in [0.717, 1.165) is 11.1 Å². The summed E-state index contributed by atoms with van der Waals surface area (Å²) >= 11 is 6.19. The van der Waals surface area contributed by atoms with Gasteiger partial charge in [0, 0.05) is 12.2 Å². The second-order valence-corrected chi connectivity index (χ2v) is 7.08. The van der Waals surface area contributed by atoms with Gasteiger partial charge < -0.3 is 16.4 Å². The maximum absolute atomic E-state index is 12.3. The number of carbonyl (C=O) groups excluding carboxylic acids is 2. The molecule has 1 unspecified atom stereocenters. The molecule has 0 saturated heterocycles.